The third-order valence-corrected chi connectivity index (χ3v) is 5.56. The SMILES string of the molecule is COc1cc2nccc(Oc3ccc4c(C(=O)NC5CC5F)cccc4c3)c2cc1OC. The lowest BCUT2D eigenvalue weighted by molar-refractivity contribution is 0.0949. The lowest BCUT2D eigenvalue weighted by Gasteiger charge is -2.13. The number of benzene rings is 3. The summed E-state index contributed by atoms with van der Waals surface area (Å²) in [6, 6.07) is 16.0. The van der Waals surface area contributed by atoms with Crippen LogP contribution >= 0.6 is 0 Å². The van der Waals surface area contributed by atoms with Crippen LogP contribution in [-0.2, 0) is 0 Å². The number of ether oxygens (including phenoxy) is 3. The fraction of sp³-hybridized carbons (Fsp3) is 0.200. The van der Waals surface area contributed by atoms with E-state index >= 15 is 0 Å². The van der Waals surface area contributed by atoms with Crippen LogP contribution in [0.3, 0.4) is 0 Å². The van der Waals surface area contributed by atoms with E-state index in [0.717, 1.165) is 16.2 Å². The molecule has 1 aliphatic rings. The van der Waals surface area contributed by atoms with Gasteiger partial charge in [0.1, 0.15) is 17.7 Å². The molecule has 3 aromatic carbocycles. The largest absolute Gasteiger partial charge is 0.493 e. The molecule has 6 nitrogen and oxygen atoms in total. The molecular formula is C25H21FN2O4. The Balaban J connectivity index is 1.48. The van der Waals surface area contributed by atoms with Crippen molar-refractivity contribution >= 4 is 27.6 Å². The van der Waals surface area contributed by atoms with Gasteiger partial charge in [0.2, 0.25) is 0 Å². The standard InChI is InChI=1S/C25H21FN2O4/c1-30-23-11-18-20(13-24(23)31-2)27-9-8-22(18)32-15-6-7-16-14(10-15)4-3-5-17(16)25(29)28-21-12-19(21)26/h3-11,13,19,21H,12H2,1-2H3,(H,28,29). The van der Waals surface area contributed by atoms with Gasteiger partial charge in [-0.15, -0.1) is 0 Å². The molecule has 1 aliphatic carbocycles. The number of hydrogen-bond acceptors (Lipinski definition) is 5. The van der Waals surface area contributed by atoms with Gasteiger partial charge in [0.05, 0.1) is 25.8 Å². The van der Waals surface area contributed by atoms with Crippen molar-refractivity contribution < 1.29 is 23.4 Å². The Bertz CT molecular complexity index is 1340. The number of methoxy groups -OCH3 is 2. The first-order chi connectivity index (χ1) is 15.6. The van der Waals surface area contributed by atoms with Gasteiger partial charge in [0, 0.05) is 29.6 Å². The minimum absolute atomic E-state index is 0.268. The third-order valence-electron chi connectivity index (χ3n) is 5.56. The molecule has 2 atom stereocenters. The summed E-state index contributed by atoms with van der Waals surface area (Å²) in [6.07, 6.45) is 1.11. The number of pyridine rings is 1. The summed E-state index contributed by atoms with van der Waals surface area (Å²) in [5.41, 5.74) is 1.23. The number of alkyl halides is 1. The van der Waals surface area contributed by atoms with Gasteiger partial charge in [-0.25, -0.2) is 4.39 Å². The second-order valence-electron chi connectivity index (χ2n) is 7.66. The van der Waals surface area contributed by atoms with Crippen LogP contribution in [0, 0.1) is 0 Å². The fourth-order valence-electron chi connectivity index (χ4n) is 3.75. The normalized spacial score (nSPS) is 17.2. The molecule has 5 rings (SSSR count). The Morgan fingerprint density at radius 2 is 1.78 bits per heavy atom. The number of amides is 1. The molecule has 1 fully saturated rings. The maximum atomic E-state index is 13.2. The monoisotopic (exact) mass is 432 g/mol. The molecule has 1 heterocycles. The molecule has 2 unspecified atom stereocenters. The van der Waals surface area contributed by atoms with Crippen LogP contribution in [0.15, 0.2) is 60.8 Å². The van der Waals surface area contributed by atoms with Gasteiger partial charge in [0.15, 0.2) is 11.5 Å². The summed E-state index contributed by atoms with van der Waals surface area (Å²) in [6.45, 7) is 0. The van der Waals surface area contributed by atoms with E-state index in [0.29, 0.717) is 40.5 Å². The number of aromatic nitrogens is 1. The average Bonchev–Trinajstić information content (AvgIpc) is 3.51. The predicted octanol–water partition coefficient (Wildman–Crippen LogP) is 5.04. The highest BCUT2D eigenvalue weighted by molar-refractivity contribution is 6.07. The molecule has 1 aromatic heterocycles. The van der Waals surface area contributed by atoms with Crippen molar-refractivity contribution in [3.63, 3.8) is 0 Å². The molecular weight excluding hydrogens is 411 g/mol. The second kappa shape index (κ2) is 8.00. The molecule has 1 saturated carbocycles. The number of carbonyl (C=O) groups excluding carboxylic acids is 1. The molecule has 0 radical (unpaired) electrons. The number of nitrogens with zero attached hydrogens (tertiary/aromatic N) is 1. The quantitative estimate of drug-likeness (QED) is 0.462. The van der Waals surface area contributed by atoms with Gasteiger partial charge in [-0.2, -0.15) is 0 Å². The van der Waals surface area contributed by atoms with Crippen LogP contribution in [0.5, 0.6) is 23.0 Å². The summed E-state index contributed by atoms with van der Waals surface area (Å²) in [4.78, 5) is 16.9. The van der Waals surface area contributed by atoms with Crippen molar-refractivity contribution in [1.29, 1.82) is 0 Å². The summed E-state index contributed by atoms with van der Waals surface area (Å²) in [5.74, 6) is 2.13. The van der Waals surface area contributed by atoms with Crippen LogP contribution in [0.2, 0.25) is 0 Å². The number of fused-ring (bicyclic) bond motifs is 2. The number of halogens is 1. The maximum absolute atomic E-state index is 13.2. The van der Waals surface area contributed by atoms with Crippen molar-refractivity contribution in [2.45, 2.75) is 18.6 Å². The Hall–Kier alpha value is -3.87. The molecule has 32 heavy (non-hydrogen) atoms. The van der Waals surface area contributed by atoms with Crippen LogP contribution in [0.1, 0.15) is 16.8 Å². The zero-order valence-corrected chi connectivity index (χ0v) is 17.6. The molecule has 4 aromatic rings. The first-order valence-corrected chi connectivity index (χ1v) is 10.2. The number of hydrogen-bond donors (Lipinski definition) is 1. The van der Waals surface area contributed by atoms with E-state index in [4.69, 9.17) is 14.2 Å². The first-order valence-electron chi connectivity index (χ1n) is 10.2. The van der Waals surface area contributed by atoms with Crippen LogP contribution < -0.4 is 19.5 Å². The summed E-state index contributed by atoms with van der Waals surface area (Å²) in [7, 11) is 3.16. The van der Waals surface area contributed by atoms with Crippen LogP contribution in [0.4, 0.5) is 4.39 Å². The van der Waals surface area contributed by atoms with E-state index in [1.807, 2.05) is 24.3 Å². The zero-order chi connectivity index (χ0) is 22.2. The first kappa shape index (κ1) is 20.1. The van der Waals surface area contributed by atoms with E-state index in [9.17, 15) is 9.18 Å². The van der Waals surface area contributed by atoms with Crippen molar-refractivity contribution in [2.24, 2.45) is 0 Å². The molecule has 1 N–H and O–H groups in total. The topological polar surface area (TPSA) is 69.7 Å². The highest BCUT2D eigenvalue weighted by Crippen LogP contribution is 2.37. The number of nitrogens with one attached hydrogen (secondary N) is 1. The van der Waals surface area contributed by atoms with Crippen LogP contribution in [0.25, 0.3) is 21.7 Å². The Morgan fingerprint density at radius 3 is 2.53 bits per heavy atom. The van der Waals surface area contributed by atoms with E-state index < -0.39 is 6.17 Å². The summed E-state index contributed by atoms with van der Waals surface area (Å²) >= 11 is 0. The summed E-state index contributed by atoms with van der Waals surface area (Å²) in [5, 5.41) is 5.14. The van der Waals surface area contributed by atoms with Gasteiger partial charge < -0.3 is 19.5 Å². The highest BCUT2D eigenvalue weighted by atomic mass is 19.1. The molecule has 7 heteroatoms. The Kier molecular flexibility index (Phi) is 5.01. The average molecular weight is 432 g/mol. The van der Waals surface area contributed by atoms with Crippen molar-refractivity contribution in [3.05, 3.63) is 66.4 Å². The minimum Gasteiger partial charge on any atom is -0.493 e. The van der Waals surface area contributed by atoms with Crippen molar-refractivity contribution in [2.75, 3.05) is 14.2 Å². The minimum atomic E-state index is -0.942. The van der Waals surface area contributed by atoms with Gasteiger partial charge in [-0.05, 0) is 47.2 Å². The molecule has 0 saturated heterocycles. The van der Waals surface area contributed by atoms with Crippen molar-refractivity contribution in [3.8, 4) is 23.0 Å². The lowest BCUT2D eigenvalue weighted by atomic mass is 10.0. The van der Waals surface area contributed by atoms with Gasteiger partial charge >= 0.3 is 0 Å². The van der Waals surface area contributed by atoms with Crippen LogP contribution in [-0.4, -0.2) is 37.3 Å². The van der Waals surface area contributed by atoms with E-state index in [-0.39, 0.29) is 11.9 Å². The lowest BCUT2D eigenvalue weighted by Crippen LogP contribution is -2.27. The molecule has 0 bridgehead atoms. The third kappa shape index (κ3) is 3.66. The number of rotatable bonds is 6. The van der Waals surface area contributed by atoms with Gasteiger partial charge in [-0.1, -0.05) is 12.1 Å². The van der Waals surface area contributed by atoms with E-state index in [2.05, 4.69) is 10.3 Å². The number of carbonyl (C=O) groups is 1. The zero-order valence-electron chi connectivity index (χ0n) is 17.6. The highest BCUT2D eigenvalue weighted by Gasteiger charge is 2.38. The molecule has 0 aliphatic heterocycles. The predicted molar refractivity (Wildman–Crippen MR) is 120 cm³/mol. The molecule has 0 spiro atoms. The van der Waals surface area contributed by atoms with E-state index in [1.165, 1.54) is 0 Å². The maximum Gasteiger partial charge on any atom is 0.252 e. The van der Waals surface area contributed by atoms with Gasteiger partial charge in [-0.3, -0.25) is 9.78 Å². The Morgan fingerprint density at radius 1 is 1.00 bits per heavy atom. The fourth-order valence-corrected chi connectivity index (χ4v) is 3.75. The van der Waals surface area contributed by atoms with E-state index in [1.54, 1.807) is 50.7 Å². The van der Waals surface area contributed by atoms with Crippen molar-refractivity contribution in [1.82, 2.24) is 10.3 Å². The van der Waals surface area contributed by atoms with Gasteiger partial charge in [0.25, 0.3) is 5.91 Å². The molecule has 162 valence electrons. The molecule has 1 amide bonds. The summed E-state index contributed by atoms with van der Waals surface area (Å²) < 4.78 is 30.1. The second-order valence-corrected chi connectivity index (χ2v) is 7.66. The Labute approximate surface area is 183 Å². The smallest absolute Gasteiger partial charge is 0.252 e.